The van der Waals surface area contributed by atoms with Gasteiger partial charge in [0.15, 0.2) is 0 Å². The Morgan fingerprint density at radius 1 is 1.14 bits per heavy atom. The Kier molecular flexibility index (Phi) is 5.84. The number of benzene rings is 2. The lowest BCUT2D eigenvalue weighted by atomic mass is 10.00. The predicted octanol–water partition coefficient (Wildman–Crippen LogP) is 3.78. The molecular formula is C20H23BrN2O4S. The zero-order valence-corrected chi connectivity index (χ0v) is 18.4. The van der Waals surface area contributed by atoms with E-state index in [1.807, 2.05) is 18.2 Å². The Morgan fingerprint density at radius 3 is 2.46 bits per heavy atom. The molecular weight excluding hydrogens is 444 g/mol. The Hall–Kier alpha value is -1.90. The molecule has 0 spiro atoms. The van der Waals surface area contributed by atoms with Crippen LogP contribution in [0.1, 0.15) is 49.2 Å². The van der Waals surface area contributed by atoms with Crippen molar-refractivity contribution in [2.24, 2.45) is 0 Å². The Bertz CT molecular complexity index is 982. The van der Waals surface area contributed by atoms with Gasteiger partial charge in [-0.1, -0.05) is 15.9 Å². The van der Waals surface area contributed by atoms with Gasteiger partial charge in [0.25, 0.3) is 5.91 Å². The summed E-state index contributed by atoms with van der Waals surface area (Å²) in [5.41, 5.74) is 0.736. The molecule has 1 aliphatic rings. The van der Waals surface area contributed by atoms with Gasteiger partial charge in [-0.2, -0.15) is 0 Å². The van der Waals surface area contributed by atoms with Gasteiger partial charge in [-0.3, -0.25) is 4.79 Å². The number of hydrogen-bond acceptors (Lipinski definition) is 4. The van der Waals surface area contributed by atoms with E-state index in [9.17, 15) is 13.2 Å². The summed E-state index contributed by atoms with van der Waals surface area (Å²) in [6.07, 6.45) is 0.664. The average molecular weight is 467 g/mol. The number of halogens is 1. The number of carbonyl (C=O) groups is 1. The van der Waals surface area contributed by atoms with Crippen molar-refractivity contribution in [3.63, 3.8) is 0 Å². The number of nitrogens with one attached hydrogen (secondary N) is 2. The van der Waals surface area contributed by atoms with E-state index in [0.717, 1.165) is 15.8 Å². The van der Waals surface area contributed by atoms with Crippen molar-refractivity contribution in [3.05, 3.63) is 58.1 Å². The van der Waals surface area contributed by atoms with Crippen LogP contribution in [0.15, 0.2) is 51.8 Å². The molecule has 8 heteroatoms. The first-order valence-corrected chi connectivity index (χ1v) is 11.2. The van der Waals surface area contributed by atoms with E-state index in [0.29, 0.717) is 18.6 Å². The van der Waals surface area contributed by atoms with Crippen LogP contribution in [0.5, 0.6) is 5.75 Å². The topological polar surface area (TPSA) is 84.5 Å². The van der Waals surface area contributed by atoms with Crippen molar-refractivity contribution in [3.8, 4) is 5.75 Å². The summed E-state index contributed by atoms with van der Waals surface area (Å²) in [6.45, 7) is 5.85. The molecule has 1 unspecified atom stereocenters. The van der Waals surface area contributed by atoms with Crippen molar-refractivity contribution in [2.45, 2.75) is 43.7 Å². The third kappa shape index (κ3) is 4.92. The number of sulfonamides is 1. The molecule has 3 rings (SSSR count). The fraction of sp³-hybridized carbons (Fsp3) is 0.350. The molecule has 1 amide bonds. The van der Waals surface area contributed by atoms with E-state index in [4.69, 9.17) is 4.74 Å². The molecule has 0 saturated heterocycles. The molecule has 1 aliphatic heterocycles. The van der Waals surface area contributed by atoms with Gasteiger partial charge in [-0.05, 0) is 63.2 Å². The minimum atomic E-state index is -3.64. The minimum Gasteiger partial charge on any atom is -0.493 e. The van der Waals surface area contributed by atoms with Crippen LogP contribution < -0.4 is 14.8 Å². The Balaban J connectivity index is 1.76. The van der Waals surface area contributed by atoms with Crippen molar-refractivity contribution in [2.75, 3.05) is 6.61 Å². The van der Waals surface area contributed by atoms with Gasteiger partial charge in [0, 0.05) is 27.6 Å². The van der Waals surface area contributed by atoms with Crippen molar-refractivity contribution < 1.29 is 17.9 Å². The molecule has 2 aromatic rings. The summed E-state index contributed by atoms with van der Waals surface area (Å²) >= 11 is 3.45. The first-order valence-electron chi connectivity index (χ1n) is 8.92. The zero-order chi connectivity index (χ0) is 20.5. The van der Waals surface area contributed by atoms with Crippen LogP contribution in [-0.4, -0.2) is 26.5 Å². The van der Waals surface area contributed by atoms with Gasteiger partial charge >= 0.3 is 0 Å². The van der Waals surface area contributed by atoms with Gasteiger partial charge < -0.3 is 10.1 Å². The maximum atomic E-state index is 12.7. The standard InChI is InChI=1S/C20H23BrN2O4S/c1-20(2,3)23-28(25,26)15-7-4-13(5-8-15)19(24)22-17-10-11-27-18-9-6-14(21)12-16(17)18/h4-9,12,17,23H,10-11H2,1-3H3,(H,22,24). The minimum absolute atomic E-state index is 0.124. The summed E-state index contributed by atoms with van der Waals surface area (Å²) in [7, 11) is -3.64. The van der Waals surface area contributed by atoms with E-state index in [-0.39, 0.29) is 16.8 Å². The quantitative estimate of drug-likeness (QED) is 0.717. The second kappa shape index (κ2) is 7.85. The summed E-state index contributed by atoms with van der Waals surface area (Å²) in [5.74, 6) is 0.500. The molecule has 0 fully saturated rings. The van der Waals surface area contributed by atoms with Crippen molar-refractivity contribution >= 4 is 31.9 Å². The summed E-state index contributed by atoms with van der Waals surface area (Å²) in [5, 5.41) is 3.01. The molecule has 0 radical (unpaired) electrons. The van der Waals surface area contributed by atoms with Gasteiger partial charge in [0.2, 0.25) is 10.0 Å². The highest BCUT2D eigenvalue weighted by atomic mass is 79.9. The highest BCUT2D eigenvalue weighted by molar-refractivity contribution is 9.10. The third-order valence-corrected chi connectivity index (χ3v) is 6.45. The molecule has 0 aliphatic carbocycles. The first-order chi connectivity index (χ1) is 13.0. The number of rotatable bonds is 4. The molecule has 0 saturated carbocycles. The van der Waals surface area contributed by atoms with Gasteiger partial charge in [-0.25, -0.2) is 13.1 Å². The highest BCUT2D eigenvalue weighted by Crippen LogP contribution is 2.34. The third-order valence-electron chi connectivity index (χ3n) is 4.18. The number of fused-ring (bicyclic) bond motifs is 1. The van der Waals surface area contributed by atoms with Crippen molar-refractivity contribution in [1.29, 1.82) is 0 Å². The SMILES string of the molecule is CC(C)(C)NS(=O)(=O)c1ccc(C(=O)NC2CCOc3ccc(Br)cc32)cc1. The molecule has 1 atom stereocenters. The fourth-order valence-corrected chi connectivity index (χ4v) is 4.80. The van der Waals surface area contributed by atoms with Crippen LogP contribution in [0.3, 0.4) is 0 Å². The smallest absolute Gasteiger partial charge is 0.251 e. The number of ether oxygens (including phenoxy) is 1. The number of hydrogen-bond donors (Lipinski definition) is 2. The van der Waals surface area contributed by atoms with Gasteiger partial charge in [0.05, 0.1) is 17.5 Å². The second-order valence-corrected chi connectivity index (χ2v) is 10.3. The van der Waals surface area contributed by atoms with Crippen molar-refractivity contribution in [1.82, 2.24) is 10.0 Å². The van der Waals surface area contributed by atoms with Crippen LogP contribution in [0.4, 0.5) is 0 Å². The molecule has 1 heterocycles. The van der Waals surface area contributed by atoms with E-state index in [1.54, 1.807) is 20.8 Å². The fourth-order valence-electron chi connectivity index (χ4n) is 3.00. The Morgan fingerprint density at radius 2 is 1.82 bits per heavy atom. The number of amides is 1. The zero-order valence-electron chi connectivity index (χ0n) is 16.0. The maximum Gasteiger partial charge on any atom is 0.251 e. The largest absolute Gasteiger partial charge is 0.493 e. The molecule has 28 heavy (non-hydrogen) atoms. The van der Waals surface area contributed by atoms with E-state index in [2.05, 4.69) is 26.0 Å². The lowest BCUT2D eigenvalue weighted by molar-refractivity contribution is 0.0924. The summed E-state index contributed by atoms with van der Waals surface area (Å²) in [4.78, 5) is 12.8. The predicted molar refractivity (Wildman–Crippen MR) is 111 cm³/mol. The van der Waals surface area contributed by atoms with Crippen LogP contribution >= 0.6 is 15.9 Å². The highest BCUT2D eigenvalue weighted by Gasteiger charge is 2.25. The maximum absolute atomic E-state index is 12.7. The monoisotopic (exact) mass is 466 g/mol. The lowest BCUT2D eigenvalue weighted by Gasteiger charge is -2.27. The van der Waals surface area contributed by atoms with E-state index < -0.39 is 15.6 Å². The van der Waals surface area contributed by atoms with E-state index in [1.165, 1.54) is 24.3 Å². The molecule has 150 valence electrons. The summed E-state index contributed by atoms with van der Waals surface area (Å²) in [6, 6.07) is 11.5. The second-order valence-electron chi connectivity index (χ2n) is 7.73. The van der Waals surface area contributed by atoms with E-state index >= 15 is 0 Å². The normalized spacial score (nSPS) is 16.8. The molecule has 0 bridgehead atoms. The average Bonchev–Trinajstić information content (AvgIpc) is 2.60. The molecule has 2 aromatic carbocycles. The van der Waals surface area contributed by atoms with Gasteiger partial charge in [-0.15, -0.1) is 0 Å². The van der Waals surface area contributed by atoms with Crippen LogP contribution in [0.25, 0.3) is 0 Å². The summed E-state index contributed by atoms with van der Waals surface area (Å²) < 4.78 is 33.9. The van der Waals surface area contributed by atoms with Gasteiger partial charge in [0.1, 0.15) is 5.75 Å². The molecule has 0 aromatic heterocycles. The molecule has 6 nitrogen and oxygen atoms in total. The molecule has 2 N–H and O–H groups in total. The van der Waals surface area contributed by atoms with Crippen LogP contribution in [-0.2, 0) is 10.0 Å². The number of carbonyl (C=O) groups excluding carboxylic acids is 1. The first kappa shape index (κ1) is 20.8. The lowest BCUT2D eigenvalue weighted by Crippen LogP contribution is -2.40. The van der Waals surface area contributed by atoms with Crippen LogP contribution in [0.2, 0.25) is 0 Å². The van der Waals surface area contributed by atoms with Crippen LogP contribution in [0, 0.1) is 0 Å². The Labute approximate surface area is 173 Å².